The Morgan fingerprint density at radius 2 is 1.59 bits per heavy atom. The summed E-state index contributed by atoms with van der Waals surface area (Å²) in [6.07, 6.45) is 7.15. The summed E-state index contributed by atoms with van der Waals surface area (Å²) in [4.78, 5) is 9.29. The van der Waals surface area contributed by atoms with E-state index in [0.717, 1.165) is 25.7 Å². The summed E-state index contributed by atoms with van der Waals surface area (Å²) >= 11 is 0. The molecule has 1 aliphatic carbocycles. The standard InChI is InChI=1S/C32H42N6O2Si/c1-31(2,3)41(23-14-7-5-8-15-23,24-16-9-6-10-17-24)40-27-20-12-11-18-25(27)32(34)28(33)22-36-30(38-32)37-26-19-13-21-35-29(26)39-4/h5-10,13-17,19,21-22,25,27H,11-12,18,20,33-34H2,1-4H3,(H2,36,37,38)/t25-,27+,32?/m1/s1. The first-order valence-electron chi connectivity index (χ1n) is 14.4. The Morgan fingerprint density at radius 1 is 0.951 bits per heavy atom. The van der Waals surface area contributed by atoms with Crippen LogP contribution in [0.5, 0.6) is 5.88 Å². The van der Waals surface area contributed by atoms with Gasteiger partial charge in [0.25, 0.3) is 8.32 Å². The summed E-state index contributed by atoms with van der Waals surface area (Å²) in [5.74, 6) is 0.833. The maximum absolute atomic E-state index is 7.62. The highest BCUT2D eigenvalue weighted by Crippen LogP contribution is 2.43. The number of guanidine groups is 1. The van der Waals surface area contributed by atoms with Crippen LogP contribution in [0.4, 0.5) is 5.69 Å². The van der Waals surface area contributed by atoms with Gasteiger partial charge in [-0.3, -0.25) is 0 Å². The molecule has 1 aromatic heterocycles. The molecule has 1 fully saturated rings. The van der Waals surface area contributed by atoms with Crippen molar-refractivity contribution in [2.75, 3.05) is 12.4 Å². The van der Waals surface area contributed by atoms with E-state index in [9.17, 15) is 0 Å². The molecular weight excluding hydrogens is 528 g/mol. The van der Waals surface area contributed by atoms with Crippen molar-refractivity contribution in [1.82, 2.24) is 10.3 Å². The SMILES string of the molecule is COc1ncccc1NC1=NC(N)([C@@H]2CCCC[C@@H]2O[Si](c2ccccc2)(c2ccccc2)C(C)(C)C)C(N)=CN1. The number of aromatic nitrogens is 1. The average molecular weight is 571 g/mol. The monoisotopic (exact) mass is 570 g/mol. The predicted molar refractivity (Wildman–Crippen MR) is 169 cm³/mol. The number of aliphatic imine (C=N–C) groups is 1. The molecular formula is C32H42N6O2Si. The average Bonchev–Trinajstić information content (AvgIpc) is 2.98. The molecule has 0 spiro atoms. The van der Waals surface area contributed by atoms with Gasteiger partial charge in [-0.25, -0.2) is 9.98 Å². The fourth-order valence-electron chi connectivity index (χ4n) is 6.34. The van der Waals surface area contributed by atoms with Crippen LogP contribution in [-0.4, -0.2) is 38.1 Å². The van der Waals surface area contributed by atoms with Crippen LogP contribution in [-0.2, 0) is 4.43 Å². The lowest BCUT2D eigenvalue weighted by Crippen LogP contribution is -2.69. The smallest absolute Gasteiger partial charge is 0.261 e. The quantitative estimate of drug-likeness (QED) is 0.316. The Kier molecular flexibility index (Phi) is 8.22. The molecule has 9 heteroatoms. The number of nitrogens with zero attached hydrogens (tertiary/aromatic N) is 2. The topological polar surface area (TPSA) is 120 Å². The molecule has 2 heterocycles. The van der Waals surface area contributed by atoms with Crippen LogP contribution in [0.2, 0.25) is 5.04 Å². The van der Waals surface area contributed by atoms with Crippen molar-refractivity contribution in [1.29, 1.82) is 0 Å². The fraction of sp³-hybridized carbons (Fsp3) is 0.375. The molecule has 0 saturated heterocycles. The lowest BCUT2D eigenvalue weighted by Gasteiger charge is -2.50. The summed E-state index contributed by atoms with van der Waals surface area (Å²) in [5.41, 5.74) is 13.9. The van der Waals surface area contributed by atoms with Gasteiger partial charge in [0.2, 0.25) is 11.8 Å². The summed E-state index contributed by atoms with van der Waals surface area (Å²) in [5, 5.41) is 8.80. The van der Waals surface area contributed by atoms with E-state index in [1.54, 1.807) is 19.5 Å². The zero-order valence-electron chi connectivity index (χ0n) is 24.4. The number of rotatable bonds is 7. The Labute approximate surface area is 244 Å². The summed E-state index contributed by atoms with van der Waals surface area (Å²) in [7, 11) is -1.22. The van der Waals surface area contributed by atoms with Crippen molar-refractivity contribution in [2.24, 2.45) is 22.4 Å². The van der Waals surface area contributed by atoms with E-state index in [4.69, 9.17) is 25.6 Å². The van der Waals surface area contributed by atoms with E-state index in [0.29, 0.717) is 23.2 Å². The van der Waals surface area contributed by atoms with Crippen LogP contribution in [0.25, 0.3) is 0 Å². The molecule has 2 aliphatic rings. The number of methoxy groups -OCH3 is 1. The van der Waals surface area contributed by atoms with Crippen LogP contribution in [0.3, 0.4) is 0 Å². The Balaban J connectivity index is 1.56. The number of hydrogen-bond donors (Lipinski definition) is 4. The van der Waals surface area contributed by atoms with E-state index >= 15 is 0 Å². The molecule has 1 saturated carbocycles. The first-order valence-corrected chi connectivity index (χ1v) is 16.3. The minimum Gasteiger partial charge on any atom is -0.480 e. The molecule has 0 amide bonds. The van der Waals surface area contributed by atoms with Crippen molar-refractivity contribution in [3.05, 3.63) is 90.9 Å². The van der Waals surface area contributed by atoms with Gasteiger partial charge >= 0.3 is 0 Å². The molecule has 41 heavy (non-hydrogen) atoms. The van der Waals surface area contributed by atoms with Crippen molar-refractivity contribution >= 4 is 30.3 Å². The summed E-state index contributed by atoms with van der Waals surface area (Å²) in [6.45, 7) is 6.90. The number of pyridine rings is 1. The van der Waals surface area contributed by atoms with Crippen molar-refractivity contribution < 1.29 is 9.16 Å². The Morgan fingerprint density at radius 3 is 2.20 bits per heavy atom. The molecule has 5 rings (SSSR count). The minimum atomic E-state index is -2.81. The number of benzene rings is 2. The molecule has 3 atom stereocenters. The second-order valence-electron chi connectivity index (χ2n) is 11.9. The van der Waals surface area contributed by atoms with E-state index < -0.39 is 14.0 Å². The van der Waals surface area contributed by atoms with Crippen LogP contribution >= 0.6 is 0 Å². The van der Waals surface area contributed by atoms with Crippen molar-refractivity contribution in [3.63, 3.8) is 0 Å². The highest BCUT2D eigenvalue weighted by atomic mass is 28.4. The van der Waals surface area contributed by atoms with Gasteiger partial charge in [0, 0.05) is 18.3 Å². The van der Waals surface area contributed by atoms with E-state index in [1.165, 1.54) is 10.4 Å². The van der Waals surface area contributed by atoms with Gasteiger partial charge in [-0.2, -0.15) is 0 Å². The highest BCUT2D eigenvalue weighted by molar-refractivity contribution is 6.99. The molecule has 6 N–H and O–H groups in total. The van der Waals surface area contributed by atoms with Gasteiger partial charge in [0.1, 0.15) is 5.69 Å². The Hall–Kier alpha value is -3.66. The molecule has 1 aliphatic heterocycles. The third-order valence-electron chi connectivity index (χ3n) is 8.35. The summed E-state index contributed by atoms with van der Waals surface area (Å²) in [6, 6.07) is 25.2. The molecule has 1 unspecified atom stereocenters. The van der Waals surface area contributed by atoms with Gasteiger partial charge in [0.05, 0.1) is 18.9 Å². The lowest BCUT2D eigenvalue weighted by molar-refractivity contribution is 0.0480. The lowest BCUT2D eigenvalue weighted by atomic mass is 9.76. The normalized spacial score (nSPS) is 23.1. The van der Waals surface area contributed by atoms with Crippen LogP contribution < -0.4 is 37.2 Å². The first-order chi connectivity index (χ1) is 19.7. The van der Waals surface area contributed by atoms with Crippen LogP contribution in [0, 0.1) is 5.92 Å². The van der Waals surface area contributed by atoms with Crippen LogP contribution in [0.15, 0.2) is 95.9 Å². The molecule has 0 bridgehead atoms. The molecule has 8 nitrogen and oxygen atoms in total. The zero-order valence-corrected chi connectivity index (χ0v) is 25.4. The predicted octanol–water partition coefficient (Wildman–Crippen LogP) is 4.05. The van der Waals surface area contributed by atoms with Crippen molar-refractivity contribution in [3.8, 4) is 5.88 Å². The van der Waals surface area contributed by atoms with Gasteiger partial charge in [-0.05, 0) is 40.4 Å². The highest BCUT2D eigenvalue weighted by Gasteiger charge is 2.54. The van der Waals surface area contributed by atoms with Crippen LogP contribution in [0.1, 0.15) is 46.5 Å². The van der Waals surface area contributed by atoms with E-state index in [2.05, 4.69) is 97.1 Å². The van der Waals surface area contributed by atoms with Crippen molar-refractivity contribution in [2.45, 2.75) is 63.3 Å². The number of anilines is 1. The van der Waals surface area contributed by atoms with Gasteiger partial charge < -0.3 is 31.3 Å². The molecule has 0 radical (unpaired) electrons. The maximum Gasteiger partial charge on any atom is 0.261 e. The van der Waals surface area contributed by atoms with Gasteiger partial charge in [-0.1, -0.05) is 94.3 Å². The van der Waals surface area contributed by atoms with Gasteiger partial charge in [-0.15, -0.1) is 0 Å². The number of ether oxygens (including phenoxy) is 1. The summed E-state index contributed by atoms with van der Waals surface area (Å²) < 4.78 is 13.0. The zero-order chi connectivity index (χ0) is 29.1. The molecule has 3 aromatic rings. The number of hydrogen-bond acceptors (Lipinski definition) is 8. The largest absolute Gasteiger partial charge is 0.480 e. The fourth-order valence-corrected chi connectivity index (χ4v) is 11.1. The number of nitrogens with two attached hydrogens (primary N) is 2. The second kappa shape index (κ2) is 11.7. The third-order valence-corrected chi connectivity index (χ3v) is 13.4. The first kappa shape index (κ1) is 28.9. The van der Waals surface area contributed by atoms with Gasteiger partial charge in [0.15, 0.2) is 5.66 Å². The Bertz CT molecular complexity index is 1350. The number of nitrogens with one attached hydrogen (secondary N) is 2. The second-order valence-corrected chi connectivity index (χ2v) is 16.2. The minimum absolute atomic E-state index is 0.121. The van der Waals surface area contributed by atoms with E-state index in [-0.39, 0.29) is 17.1 Å². The van der Waals surface area contributed by atoms with E-state index in [1.807, 2.05) is 12.1 Å². The maximum atomic E-state index is 7.62. The molecule has 2 aromatic carbocycles. The molecule has 216 valence electrons. The third kappa shape index (κ3) is 5.49.